The van der Waals surface area contributed by atoms with Gasteiger partial charge < -0.3 is 4.84 Å². The van der Waals surface area contributed by atoms with Crippen molar-refractivity contribution in [1.82, 2.24) is 0 Å². The maximum absolute atomic E-state index is 12.6. The van der Waals surface area contributed by atoms with Crippen molar-refractivity contribution in [2.75, 3.05) is 7.11 Å². The van der Waals surface area contributed by atoms with Crippen LogP contribution < -0.4 is 0 Å². The monoisotopic (exact) mass is 330 g/mol. The van der Waals surface area contributed by atoms with Gasteiger partial charge in [0.2, 0.25) is 0 Å². The Kier molecular flexibility index (Phi) is 7.22. The van der Waals surface area contributed by atoms with Crippen molar-refractivity contribution in [2.45, 2.75) is 13.1 Å². The first-order valence-corrected chi connectivity index (χ1v) is 6.30. The van der Waals surface area contributed by atoms with E-state index in [2.05, 4.69) is 9.99 Å². The minimum Gasteiger partial charge on any atom is -0.399 e. The average molecular weight is 331 g/mol. The third-order valence-electron chi connectivity index (χ3n) is 1.91. The number of rotatable bonds is 2. The normalized spacial score (nSPS) is 11.4. The number of oxime groups is 1. The highest BCUT2D eigenvalue weighted by Gasteiger charge is 2.34. The number of benzene rings is 1. The molecule has 0 aliphatic heterocycles. The highest BCUT2D eigenvalue weighted by molar-refractivity contribution is 7.60. The predicted octanol–water partition coefficient (Wildman–Crippen LogP) is 3.36. The molecule has 0 heterocycles. The Bertz CT molecular complexity index is 593. The molecule has 0 spiro atoms. The molecule has 1 aromatic rings. The van der Waals surface area contributed by atoms with Crippen molar-refractivity contribution in [1.29, 1.82) is 4.78 Å². The average Bonchev–Trinajstić information content (AvgIpc) is 2.26. The van der Waals surface area contributed by atoms with Gasteiger partial charge >= 0.3 is 16.7 Å². The lowest BCUT2D eigenvalue weighted by Crippen LogP contribution is -2.12. The molecule has 0 saturated carbocycles. The van der Waals surface area contributed by atoms with Crippen LogP contribution in [-0.2, 0) is 21.5 Å². The molecule has 0 bridgehead atoms. The van der Waals surface area contributed by atoms with Gasteiger partial charge in [-0.25, -0.2) is 0 Å². The molecule has 0 fully saturated rings. The van der Waals surface area contributed by atoms with E-state index in [1.54, 1.807) is 0 Å². The van der Waals surface area contributed by atoms with Gasteiger partial charge in [0.1, 0.15) is 7.11 Å². The third-order valence-corrected chi connectivity index (χ3v) is 2.14. The van der Waals surface area contributed by atoms with Crippen molar-refractivity contribution in [3.63, 3.8) is 0 Å². The summed E-state index contributed by atoms with van der Waals surface area (Å²) < 4.78 is 60.8. The van der Waals surface area contributed by atoms with E-state index in [0.29, 0.717) is 0 Å². The van der Waals surface area contributed by atoms with Gasteiger partial charge in [0.15, 0.2) is 0 Å². The van der Waals surface area contributed by atoms with Crippen LogP contribution in [0.2, 0.25) is 5.02 Å². The number of nitrogens with one attached hydrogen (secondary N) is 1. The van der Waals surface area contributed by atoms with Gasteiger partial charge in [0.05, 0.1) is 11.3 Å². The summed E-state index contributed by atoms with van der Waals surface area (Å²) in [5.74, 6) is 0. The fourth-order valence-electron chi connectivity index (χ4n) is 1.25. The van der Waals surface area contributed by atoms with Crippen LogP contribution in [0.3, 0.4) is 0 Å². The Balaban J connectivity index is 0.000000796. The molecule has 0 aromatic heterocycles. The molecule has 0 amide bonds. The molecule has 1 rings (SSSR count). The summed E-state index contributed by atoms with van der Waals surface area (Å²) in [5, 5.41) is 3.68. The molecule has 20 heavy (non-hydrogen) atoms. The molecule has 0 unspecified atom stereocenters. The maximum atomic E-state index is 12.6. The minimum atomic E-state index is -4.44. The summed E-state index contributed by atoms with van der Waals surface area (Å²) in [6.45, 7) is 1.42. The van der Waals surface area contributed by atoms with Crippen LogP contribution in [0.1, 0.15) is 18.1 Å². The molecular formula is C10H10ClF3N2O3S. The summed E-state index contributed by atoms with van der Waals surface area (Å²) in [6, 6.07) is 3.32. The van der Waals surface area contributed by atoms with Crippen molar-refractivity contribution >= 4 is 27.8 Å². The Labute approximate surface area is 119 Å². The van der Waals surface area contributed by atoms with Crippen molar-refractivity contribution in [3.05, 3.63) is 34.3 Å². The second-order valence-corrected chi connectivity index (χ2v) is 4.19. The summed E-state index contributed by atoms with van der Waals surface area (Å²) in [5.41, 5.74) is -0.741. The van der Waals surface area contributed by atoms with E-state index in [1.807, 2.05) is 0 Å². The van der Waals surface area contributed by atoms with Crippen LogP contribution in [0.5, 0.6) is 0 Å². The molecule has 0 saturated heterocycles. The summed E-state index contributed by atoms with van der Waals surface area (Å²) in [7, 11) is -1.35. The van der Waals surface area contributed by atoms with Crippen LogP contribution in [0.15, 0.2) is 23.4 Å². The van der Waals surface area contributed by atoms with Crippen LogP contribution in [0.25, 0.3) is 0 Å². The quantitative estimate of drug-likeness (QED) is 0.667. The van der Waals surface area contributed by atoms with E-state index < -0.39 is 22.2 Å². The zero-order valence-corrected chi connectivity index (χ0v) is 11.9. The first kappa shape index (κ1) is 18.4. The van der Waals surface area contributed by atoms with Gasteiger partial charge in [-0.3, -0.25) is 0 Å². The molecule has 0 atom stereocenters. The molecule has 1 aromatic carbocycles. The lowest BCUT2D eigenvalue weighted by molar-refractivity contribution is -0.137. The maximum Gasteiger partial charge on any atom is 0.417 e. The van der Waals surface area contributed by atoms with Gasteiger partial charge in [-0.15, -0.1) is 0 Å². The standard InChI is InChI=1S/C10H9ClF3NO.HNO2S/c1-6(15-16-2)8-5-7(11)3-4-9(8)10(12,13)14;1-4(2)3/h3-5H,1-2H3;1H/b15-6+;. The van der Waals surface area contributed by atoms with E-state index >= 15 is 0 Å². The smallest absolute Gasteiger partial charge is 0.399 e. The van der Waals surface area contributed by atoms with Crippen LogP contribution in [0.4, 0.5) is 13.2 Å². The zero-order chi connectivity index (χ0) is 15.9. The number of halogens is 4. The number of hydrogen-bond acceptors (Lipinski definition) is 5. The Morgan fingerprint density at radius 3 is 2.30 bits per heavy atom. The van der Waals surface area contributed by atoms with Crippen molar-refractivity contribution < 1.29 is 26.4 Å². The molecule has 10 heteroatoms. The topological polar surface area (TPSA) is 79.6 Å². The molecule has 0 aliphatic rings. The summed E-state index contributed by atoms with van der Waals surface area (Å²) in [4.78, 5) is 4.44. The second kappa shape index (κ2) is 7.85. The van der Waals surface area contributed by atoms with E-state index in [4.69, 9.17) is 24.8 Å². The third kappa shape index (κ3) is 6.53. The number of nitrogens with zero attached hydrogens (tertiary/aromatic N) is 1. The van der Waals surface area contributed by atoms with Gasteiger partial charge in [0.25, 0.3) is 0 Å². The first-order valence-electron chi connectivity index (χ1n) is 4.85. The fraction of sp³-hybridized carbons (Fsp3) is 0.300. The number of alkyl halides is 3. The van der Waals surface area contributed by atoms with Gasteiger partial charge in [-0.1, -0.05) is 16.8 Å². The van der Waals surface area contributed by atoms with Crippen LogP contribution >= 0.6 is 11.6 Å². The molecule has 5 nitrogen and oxygen atoms in total. The SMILES string of the molecule is CO/N=C(\C)c1cc(Cl)ccc1C(F)(F)F.N=S(=O)=O. The zero-order valence-electron chi connectivity index (χ0n) is 10.3. The Morgan fingerprint density at radius 2 is 1.90 bits per heavy atom. The molecular weight excluding hydrogens is 321 g/mol. The minimum absolute atomic E-state index is 0.0816. The molecule has 0 radical (unpaired) electrons. The van der Waals surface area contributed by atoms with Gasteiger partial charge in [0, 0.05) is 10.6 Å². The van der Waals surface area contributed by atoms with Gasteiger partial charge in [-0.2, -0.15) is 26.4 Å². The van der Waals surface area contributed by atoms with Crippen molar-refractivity contribution in [3.8, 4) is 0 Å². The highest BCUT2D eigenvalue weighted by Crippen LogP contribution is 2.33. The largest absolute Gasteiger partial charge is 0.417 e. The lowest BCUT2D eigenvalue weighted by Gasteiger charge is -2.12. The fourth-order valence-corrected chi connectivity index (χ4v) is 1.42. The Hall–Kier alpha value is -1.61. The van der Waals surface area contributed by atoms with Crippen LogP contribution in [0, 0.1) is 4.78 Å². The van der Waals surface area contributed by atoms with Gasteiger partial charge in [-0.05, 0) is 25.1 Å². The molecule has 0 aliphatic carbocycles. The number of hydrogen-bond donors (Lipinski definition) is 1. The van der Waals surface area contributed by atoms with E-state index in [1.165, 1.54) is 26.2 Å². The first-order chi connectivity index (χ1) is 9.09. The van der Waals surface area contributed by atoms with Crippen molar-refractivity contribution in [2.24, 2.45) is 5.16 Å². The highest BCUT2D eigenvalue weighted by atomic mass is 35.5. The van der Waals surface area contributed by atoms with Crippen LogP contribution in [-0.4, -0.2) is 21.2 Å². The molecule has 1 N–H and O–H groups in total. The summed E-state index contributed by atoms with van der Waals surface area (Å²) in [6.07, 6.45) is -4.44. The van der Waals surface area contributed by atoms with E-state index in [0.717, 1.165) is 6.07 Å². The van der Waals surface area contributed by atoms with E-state index in [-0.39, 0.29) is 16.3 Å². The lowest BCUT2D eigenvalue weighted by atomic mass is 10.0. The predicted molar refractivity (Wildman–Crippen MR) is 67.3 cm³/mol. The summed E-state index contributed by atoms with van der Waals surface area (Å²) >= 11 is 5.65. The van der Waals surface area contributed by atoms with E-state index in [9.17, 15) is 13.2 Å². The Morgan fingerprint density at radius 1 is 1.40 bits per heavy atom. The second-order valence-electron chi connectivity index (χ2n) is 3.28. The molecule has 112 valence electrons.